The summed E-state index contributed by atoms with van der Waals surface area (Å²) in [7, 11) is 0. The number of amides is 1. The summed E-state index contributed by atoms with van der Waals surface area (Å²) in [6.07, 6.45) is 3.91. The van der Waals surface area contributed by atoms with Crippen LogP contribution < -0.4 is 10.2 Å². The van der Waals surface area contributed by atoms with Gasteiger partial charge in [-0.1, -0.05) is 5.16 Å². The maximum atomic E-state index is 12.9. The van der Waals surface area contributed by atoms with Crippen LogP contribution in [0.3, 0.4) is 0 Å². The molecule has 0 radical (unpaired) electrons. The maximum Gasteiger partial charge on any atom is 0.339 e. The van der Waals surface area contributed by atoms with E-state index in [4.69, 9.17) is 13.7 Å². The third-order valence-corrected chi connectivity index (χ3v) is 5.90. The predicted octanol–water partition coefficient (Wildman–Crippen LogP) is 4.50. The first kappa shape index (κ1) is 21.7. The van der Waals surface area contributed by atoms with E-state index in [1.54, 1.807) is 25.1 Å². The predicted molar refractivity (Wildman–Crippen MR) is 126 cm³/mol. The standard InChI is InChI=1S/C25H24N4O5/c1-15-12-17(29-9-3-4-10-29)7-8-19(15)26-22(30)14-33-25(31)18-13-20(21-6-5-11-32-21)27-24-23(18)16(2)28-34-24/h5-8,11-13H,3-4,9-10,14H2,1-2H3,(H,26,30). The van der Waals surface area contributed by atoms with Crippen molar-refractivity contribution in [1.82, 2.24) is 10.1 Å². The zero-order valence-electron chi connectivity index (χ0n) is 19.0. The van der Waals surface area contributed by atoms with E-state index in [9.17, 15) is 9.59 Å². The number of rotatable bonds is 6. The number of aryl methyl sites for hydroxylation is 2. The lowest BCUT2D eigenvalue weighted by molar-refractivity contribution is -0.119. The number of esters is 1. The molecule has 4 heterocycles. The van der Waals surface area contributed by atoms with Crippen LogP contribution in [0.5, 0.6) is 0 Å². The van der Waals surface area contributed by atoms with Gasteiger partial charge in [0.15, 0.2) is 12.4 Å². The van der Waals surface area contributed by atoms with Crippen molar-refractivity contribution in [2.45, 2.75) is 26.7 Å². The van der Waals surface area contributed by atoms with Gasteiger partial charge in [-0.05, 0) is 68.7 Å². The van der Waals surface area contributed by atoms with Crippen LogP contribution in [-0.4, -0.2) is 41.7 Å². The summed E-state index contributed by atoms with van der Waals surface area (Å²) in [5.41, 5.74) is 4.08. The number of hydrogen-bond donors (Lipinski definition) is 1. The van der Waals surface area contributed by atoms with Gasteiger partial charge in [0.25, 0.3) is 11.6 Å². The monoisotopic (exact) mass is 460 g/mol. The fourth-order valence-corrected chi connectivity index (χ4v) is 4.16. The van der Waals surface area contributed by atoms with Crippen molar-refractivity contribution in [3.8, 4) is 11.5 Å². The molecule has 174 valence electrons. The van der Waals surface area contributed by atoms with Gasteiger partial charge in [0.1, 0.15) is 5.69 Å². The summed E-state index contributed by atoms with van der Waals surface area (Å²) in [6, 6.07) is 10.9. The SMILES string of the molecule is Cc1cc(N2CCCC2)ccc1NC(=O)COC(=O)c1cc(-c2ccco2)nc2onc(C)c12. The normalized spacial score (nSPS) is 13.4. The number of nitrogens with zero attached hydrogens (tertiary/aromatic N) is 3. The van der Waals surface area contributed by atoms with E-state index in [2.05, 4.69) is 26.4 Å². The van der Waals surface area contributed by atoms with Crippen LogP contribution in [0.4, 0.5) is 11.4 Å². The minimum Gasteiger partial charge on any atom is -0.463 e. The van der Waals surface area contributed by atoms with Crippen LogP contribution in [0.2, 0.25) is 0 Å². The van der Waals surface area contributed by atoms with Crippen molar-refractivity contribution < 1.29 is 23.3 Å². The highest BCUT2D eigenvalue weighted by Crippen LogP contribution is 2.28. The van der Waals surface area contributed by atoms with E-state index >= 15 is 0 Å². The second kappa shape index (κ2) is 9.01. The van der Waals surface area contributed by atoms with Crippen molar-refractivity contribution >= 4 is 34.4 Å². The summed E-state index contributed by atoms with van der Waals surface area (Å²) in [4.78, 5) is 32.1. The van der Waals surface area contributed by atoms with Crippen molar-refractivity contribution in [3.63, 3.8) is 0 Å². The molecule has 0 atom stereocenters. The summed E-state index contributed by atoms with van der Waals surface area (Å²) in [6.45, 7) is 5.32. The van der Waals surface area contributed by atoms with Crippen molar-refractivity contribution in [2.24, 2.45) is 0 Å². The zero-order chi connectivity index (χ0) is 23.7. The lowest BCUT2D eigenvalue weighted by atomic mass is 10.1. The number of carbonyl (C=O) groups is 2. The highest BCUT2D eigenvalue weighted by atomic mass is 16.5. The molecule has 0 bridgehead atoms. The minimum atomic E-state index is -0.678. The molecule has 1 fully saturated rings. The van der Waals surface area contributed by atoms with Crippen LogP contribution in [0.25, 0.3) is 22.6 Å². The number of hydrogen-bond acceptors (Lipinski definition) is 8. The first-order valence-electron chi connectivity index (χ1n) is 11.1. The van der Waals surface area contributed by atoms with Crippen LogP contribution in [0.1, 0.15) is 34.5 Å². The quantitative estimate of drug-likeness (QED) is 0.419. The average Bonchev–Trinajstić information content (AvgIpc) is 3.61. The lowest BCUT2D eigenvalue weighted by Gasteiger charge is -2.19. The molecule has 34 heavy (non-hydrogen) atoms. The van der Waals surface area contributed by atoms with E-state index in [1.165, 1.54) is 19.1 Å². The average molecular weight is 460 g/mol. The number of fused-ring (bicyclic) bond motifs is 1. The number of benzene rings is 1. The third-order valence-electron chi connectivity index (χ3n) is 5.90. The third kappa shape index (κ3) is 4.24. The fraction of sp³-hybridized carbons (Fsp3) is 0.280. The molecule has 9 nitrogen and oxygen atoms in total. The first-order chi connectivity index (χ1) is 16.5. The Labute approximate surface area is 195 Å². The Hall–Kier alpha value is -4.14. The molecule has 1 amide bonds. The molecule has 0 aliphatic carbocycles. The molecule has 3 aromatic heterocycles. The first-order valence-corrected chi connectivity index (χ1v) is 11.1. The molecule has 9 heteroatoms. The molecular formula is C25H24N4O5. The number of furan rings is 1. The minimum absolute atomic E-state index is 0.191. The molecular weight excluding hydrogens is 436 g/mol. The number of ether oxygens (including phenoxy) is 1. The number of nitrogens with one attached hydrogen (secondary N) is 1. The second-order valence-corrected chi connectivity index (χ2v) is 8.30. The van der Waals surface area contributed by atoms with Crippen molar-refractivity contribution in [2.75, 3.05) is 29.9 Å². The highest BCUT2D eigenvalue weighted by molar-refractivity contribution is 6.05. The van der Waals surface area contributed by atoms with Gasteiger partial charge >= 0.3 is 5.97 Å². The van der Waals surface area contributed by atoms with Gasteiger partial charge in [0.05, 0.1) is 22.9 Å². The van der Waals surface area contributed by atoms with E-state index < -0.39 is 18.5 Å². The Kier molecular flexibility index (Phi) is 5.75. The van der Waals surface area contributed by atoms with E-state index in [1.807, 2.05) is 19.1 Å². The number of carbonyl (C=O) groups excluding carboxylic acids is 2. The molecule has 0 spiro atoms. The summed E-state index contributed by atoms with van der Waals surface area (Å²) >= 11 is 0. The van der Waals surface area contributed by atoms with Crippen LogP contribution in [0, 0.1) is 13.8 Å². The number of anilines is 2. The van der Waals surface area contributed by atoms with Gasteiger partial charge in [0, 0.05) is 24.5 Å². The Morgan fingerprint density at radius 1 is 1.15 bits per heavy atom. The molecule has 1 aliphatic rings. The summed E-state index contributed by atoms with van der Waals surface area (Å²) in [5, 5.41) is 7.16. The van der Waals surface area contributed by atoms with E-state index in [-0.39, 0.29) is 11.3 Å². The summed E-state index contributed by atoms with van der Waals surface area (Å²) < 4.78 is 16.0. The van der Waals surface area contributed by atoms with Gasteiger partial charge in [-0.15, -0.1) is 0 Å². The maximum absolute atomic E-state index is 12.9. The summed E-state index contributed by atoms with van der Waals surface area (Å²) in [5.74, 6) is -0.637. The number of pyridine rings is 1. The molecule has 1 aliphatic heterocycles. The van der Waals surface area contributed by atoms with E-state index in [0.717, 1.165) is 24.3 Å². The fourth-order valence-electron chi connectivity index (χ4n) is 4.16. The molecule has 0 saturated carbocycles. The molecule has 4 aromatic rings. The van der Waals surface area contributed by atoms with Crippen LogP contribution >= 0.6 is 0 Å². The zero-order valence-corrected chi connectivity index (χ0v) is 19.0. The van der Waals surface area contributed by atoms with Gasteiger partial charge in [0.2, 0.25) is 0 Å². The highest BCUT2D eigenvalue weighted by Gasteiger charge is 2.22. The van der Waals surface area contributed by atoms with Gasteiger partial charge < -0.3 is 23.9 Å². The Morgan fingerprint density at radius 3 is 2.71 bits per heavy atom. The topological polar surface area (TPSA) is 111 Å². The van der Waals surface area contributed by atoms with Crippen LogP contribution in [0.15, 0.2) is 51.6 Å². The van der Waals surface area contributed by atoms with Gasteiger partial charge in [-0.2, -0.15) is 0 Å². The van der Waals surface area contributed by atoms with Gasteiger partial charge in [-0.25, -0.2) is 9.78 Å². The smallest absolute Gasteiger partial charge is 0.339 e. The molecule has 1 N–H and O–H groups in total. The van der Waals surface area contributed by atoms with Crippen LogP contribution in [-0.2, 0) is 9.53 Å². The second-order valence-electron chi connectivity index (χ2n) is 8.30. The Bertz CT molecular complexity index is 1350. The number of aromatic nitrogens is 2. The molecule has 1 aromatic carbocycles. The van der Waals surface area contributed by atoms with Crippen molar-refractivity contribution in [1.29, 1.82) is 0 Å². The molecule has 1 saturated heterocycles. The van der Waals surface area contributed by atoms with E-state index in [0.29, 0.717) is 28.2 Å². The molecule has 0 unspecified atom stereocenters. The van der Waals surface area contributed by atoms with Crippen molar-refractivity contribution in [3.05, 3.63) is 59.5 Å². The largest absolute Gasteiger partial charge is 0.463 e. The Balaban J connectivity index is 1.29. The lowest BCUT2D eigenvalue weighted by Crippen LogP contribution is -2.22. The van der Waals surface area contributed by atoms with Gasteiger partial charge in [-0.3, -0.25) is 4.79 Å². The molecule has 5 rings (SSSR count). The Morgan fingerprint density at radius 2 is 1.97 bits per heavy atom.